The molecule has 0 amide bonds. The summed E-state index contributed by atoms with van der Waals surface area (Å²) in [6.07, 6.45) is 5.27. The maximum absolute atomic E-state index is 5.64. The molecule has 0 saturated heterocycles. The van der Waals surface area contributed by atoms with Crippen molar-refractivity contribution in [3.05, 3.63) is 42.0 Å². The lowest BCUT2D eigenvalue weighted by molar-refractivity contribution is 0.199. The summed E-state index contributed by atoms with van der Waals surface area (Å²) in [5.41, 5.74) is 1.13. The van der Waals surface area contributed by atoms with Crippen LogP contribution in [0.1, 0.15) is 5.56 Å². The van der Waals surface area contributed by atoms with Crippen LogP contribution in [0.3, 0.4) is 0 Å². The van der Waals surface area contributed by atoms with Gasteiger partial charge in [-0.25, -0.2) is 0 Å². The number of rotatable bonds is 7. The van der Waals surface area contributed by atoms with Crippen LogP contribution < -0.4 is 10.1 Å². The predicted octanol–water partition coefficient (Wildman–Crippen LogP) is 2.59. The third-order valence-corrected chi connectivity index (χ3v) is 3.09. The molecule has 2 rings (SSSR count). The highest BCUT2D eigenvalue weighted by molar-refractivity contribution is 5.87. The normalized spacial score (nSPS) is 10.4. The minimum atomic E-state index is 0.281. The Hall–Kier alpha value is -2.02. The molecule has 104 valence electrons. The van der Waals surface area contributed by atoms with Crippen molar-refractivity contribution in [1.29, 1.82) is 0 Å². The van der Waals surface area contributed by atoms with Crippen LogP contribution >= 0.6 is 0 Å². The van der Waals surface area contributed by atoms with E-state index in [-0.39, 0.29) is 6.61 Å². The van der Waals surface area contributed by atoms with Gasteiger partial charge in [-0.3, -0.25) is 0 Å². The van der Waals surface area contributed by atoms with Crippen LogP contribution in [0.5, 0.6) is 5.75 Å². The van der Waals surface area contributed by atoms with Gasteiger partial charge < -0.3 is 14.8 Å². The number of nitrogens with one attached hydrogen (secondary N) is 1. The average Bonchev–Trinajstić information content (AvgIpc) is 2.50. The van der Waals surface area contributed by atoms with Gasteiger partial charge in [-0.15, -0.1) is 6.42 Å². The third-order valence-electron chi connectivity index (χ3n) is 3.09. The smallest absolute Gasteiger partial charge is 0.148 e. The maximum atomic E-state index is 5.64. The van der Waals surface area contributed by atoms with Gasteiger partial charge in [0.1, 0.15) is 12.4 Å². The Balaban J connectivity index is 2.27. The molecular weight excluding hydrogens is 250 g/mol. The van der Waals surface area contributed by atoms with Gasteiger partial charge in [0.05, 0.1) is 6.61 Å². The Kier molecular flexibility index (Phi) is 5.43. The molecule has 0 aliphatic rings. The van der Waals surface area contributed by atoms with Crippen molar-refractivity contribution in [2.24, 2.45) is 0 Å². The van der Waals surface area contributed by atoms with Crippen LogP contribution in [0, 0.1) is 12.3 Å². The number of terminal acetylenes is 1. The van der Waals surface area contributed by atoms with Crippen molar-refractivity contribution in [2.45, 2.75) is 6.54 Å². The highest BCUT2D eigenvalue weighted by atomic mass is 16.5. The summed E-state index contributed by atoms with van der Waals surface area (Å²) >= 11 is 0. The van der Waals surface area contributed by atoms with Crippen LogP contribution in [-0.2, 0) is 11.3 Å². The molecule has 3 nitrogen and oxygen atoms in total. The minimum Gasteiger partial charge on any atom is -0.481 e. The molecule has 20 heavy (non-hydrogen) atoms. The molecule has 2 aromatic carbocycles. The Bertz CT molecular complexity index is 601. The second kappa shape index (κ2) is 7.54. The number of benzene rings is 2. The van der Waals surface area contributed by atoms with E-state index in [9.17, 15) is 0 Å². The fourth-order valence-electron chi connectivity index (χ4n) is 2.14. The first-order valence-electron chi connectivity index (χ1n) is 6.63. The second-order valence-corrected chi connectivity index (χ2v) is 4.43. The van der Waals surface area contributed by atoms with E-state index in [1.54, 1.807) is 7.11 Å². The Morgan fingerprint density at radius 3 is 2.85 bits per heavy atom. The van der Waals surface area contributed by atoms with Crippen LogP contribution in [0.25, 0.3) is 10.8 Å². The van der Waals surface area contributed by atoms with Crippen LogP contribution in [0.4, 0.5) is 0 Å². The average molecular weight is 269 g/mol. The van der Waals surface area contributed by atoms with Gasteiger partial charge in [0.25, 0.3) is 0 Å². The maximum Gasteiger partial charge on any atom is 0.148 e. The highest BCUT2D eigenvalue weighted by Crippen LogP contribution is 2.28. The zero-order chi connectivity index (χ0) is 14.2. The van der Waals surface area contributed by atoms with Crippen LogP contribution in [0.15, 0.2) is 36.4 Å². The standard InChI is InChI=1S/C17H19NO2/c1-3-11-20-17-9-8-14-6-4-5-7-15(14)16(17)13-18-10-12-19-2/h1,4-9,18H,10-13H2,2H3. The van der Waals surface area contributed by atoms with Gasteiger partial charge in [0.2, 0.25) is 0 Å². The lowest BCUT2D eigenvalue weighted by Crippen LogP contribution is -2.19. The Labute approximate surface area is 119 Å². The summed E-state index contributed by atoms with van der Waals surface area (Å²) in [6, 6.07) is 12.3. The van der Waals surface area contributed by atoms with E-state index in [1.165, 1.54) is 10.8 Å². The number of hydrogen-bond acceptors (Lipinski definition) is 3. The van der Waals surface area contributed by atoms with Gasteiger partial charge in [-0.1, -0.05) is 36.3 Å². The van der Waals surface area contributed by atoms with Gasteiger partial charge in [-0.2, -0.15) is 0 Å². The highest BCUT2D eigenvalue weighted by Gasteiger charge is 2.08. The molecule has 0 saturated carbocycles. The molecule has 0 radical (unpaired) electrons. The van der Waals surface area contributed by atoms with Crippen LogP contribution in [0.2, 0.25) is 0 Å². The number of hydrogen-bond donors (Lipinski definition) is 1. The first kappa shape index (κ1) is 14.4. The molecule has 3 heteroatoms. The quantitative estimate of drug-likeness (QED) is 0.619. The molecule has 0 spiro atoms. The van der Waals surface area contributed by atoms with E-state index in [2.05, 4.69) is 29.4 Å². The Morgan fingerprint density at radius 1 is 1.20 bits per heavy atom. The lowest BCUT2D eigenvalue weighted by Gasteiger charge is -2.14. The molecule has 0 aliphatic carbocycles. The second-order valence-electron chi connectivity index (χ2n) is 4.43. The van der Waals surface area contributed by atoms with Gasteiger partial charge >= 0.3 is 0 Å². The molecule has 1 N–H and O–H groups in total. The summed E-state index contributed by atoms with van der Waals surface area (Å²) in [5, 5.41) is 5.74. The summed E-state index contributed by atoms with van der Waals surface area (Å²) in [7, 11) is 1.70. The van der Waals surface area contributed by atoms with Crippen molar-refractivity contribution >= 4 is 10.8 Å². The van der Waals surface area contributed by atoms with Crippen molar-refractivity contribution in [3.8, 4) is 18.1 Å². The summed E-state index contributed by atoms with van der Waals surface area (Å²) < 4.78 is 10.7. The zero-order valence-corrected chi connectivity index (χ0v) is 11.7. The molecule has 0 atom stereocenters. The molecule has 0 aromatic heterocycles. The largest absolute Gasteiger partial charge is 0.481 e. The number of ether oxygens (including phenoxy) is 2. The Morgan fingerprint density at radius 2 is 2.05 bits per heavy atom. The number of fused-ring (bicyclic) bond motifs is 1. The van der Waals surface area contributed by atoms with E-state index in [4.69, 9.17) is 15.9 Å². The van der Waals surface area contributed by atoms with E-state index in [0.717, 1.165) is 24.4 Å². The summed E-state index contributed by atoms with van der Waals surface area (Å²) in [4.78, 5) is 0. The topological polar surface area (TPSA) is 30.5 Å². The van der Waals surface area contributed by atoms with Gasteiger partial charge in [-0.05, 0) is 16.8 Å². The van der Waals surface area contributed by atoms with E-state index < -0.39 is 0 Å². The molecule has 0 aliphatic heterocycles. The first-order chi connectivity index (χ1) is 9.86. The van der Waals surface area contributed by atoms with E-state index in [1.807, 2.05) is 18.2 Å². The SMILES string of the molecule is C#CCOc1ccc2ccccc2c1CNCCOC. The fraction of sp³-hybridized carbons (Fsp3) is 0.294. The minimum absolute atomic E-state index is 0.281. The van der Waals surface area contributed by atoms with E-state index in [0.29, 0.717) is 6.61 Å². The zero-order valence-electron chi connectivity index (χ0n) is 11.7. The van der Waals surface area contributed by atoms with Crippen molar-refractivity contribution in [1.82, 2.24) is 5.32 Å². The van der Waals surface area contributed by atoms with E-state index >= 15 is 0 Å². The fourth-order valence-corrected chi connectivity index (χ4v) is 2.14. The van der Waals surface area contributed by atoms with Crippen molar-refractivity contribution in [2.75, 3.05) is 26.9 Å². The monoisotopic (exact) mass is 269 g/mol. The molecule has 0 bridgehead atoms. The van der Waals surface area contributed by atoms with Gasteiger partial charge in [0.15, 0.2) is 0 Å². The molecule has 0 heterocycles. The first-order valence-corrected chi connectivity index (χ1v) is 6.63. The van der Waals surface area contributed by atoms with Gasteiger partial charge in [0, 0.05) is 25.8 Å². The molecule has 0 unspecified atom stereocenters. The lowest BCUT2D eigenvalue weighted by atomic mass is 10.0. The third kappa shape index (κ3) is 3.51. The van der Waals surface area contributed by atoms with Crippen LogP contribution in [-0.4, -0.2) is 26.9 Å². The summed E-state index contributed by atoms with van der Waals surface area (Å²) in [6.45, 7) is 2.49. The van der Waals surface area contributed by atoms with Crippen molar-refractivity contribution < 1.29 is 9.47 Å². The number of methoxy groups -OCH3 is 1. The molecule has 2 aromatic rings. The van der Waals surface area contributed by atoms with Crippen molar-refractivity contribution in [3.63, 3.8) is 0 Å². The molecule has 0 fully saturated rings. The summed E-state index contributed by atoms with van der Waals surface area (Å²) in [5.74, 6) is 3.34. The molecular formula is C17H19NO2. The predicted molar refractivity (Wildman–Crippen MR) is 81.9 cm³/mol.